The molecular formula is C40H79N3O8. The van der Waals surface area contributed by atoms with Gasteiger partial charge in [0, 0.05) is 46.0 Å². The lowest BCUT2D eigenvalue weighted by Gasteiger charge is -2.37. The number of hydrogen-bond acceptors (Lipinski definition) is 11. The largest absolute Gasteiger partial charge is 0.379 e. The first-order valence-corrected chi connectivity index (χ1v) is 20.1. The molecule has 0 spiro atoms. The minimum atomic E-state index is -0.335. The Balaban J connectivity index is 1.46. The smallest absolute Gasteiger partial charge is 0.0862 e. The van der Waals surface area contributed by atoms with E-state index in [1.165, 1.54) is 10.1 Å². The van der Waals surface area contributed by atoms with Crippen molar-refractivity contribution in [3.05, 3.63) is 0 Å². The van der Waals surface area contributed by atoms with Gasteiger partial charge in [0.25, 0.3) is 0 Å². The lowest BCUT2D eigenvalue weighted by Crippen LogP contribution is -2.48. The molecule has 3 N–H and O–H groups in total. The maximum Gasteiger partial charge on any atom is 0.0862 e. The van der Waals surface area contributed by atoms with Gasteiger partial charge in [0.15, 0.2) is 0 Å². The van der Waals surface area contributed by atoms with Crippen LogP contribution in [0, 0.1) is 17.8 Å². The minimum Gasteiger partial charge on any atom is -0.379 e. The van der Waals surface area contributed by atoms with Gasteiger partial charge in [0.05, 0.1) is 77.8 Å². The predicted molar refractivity (Wildman–Crippen MR) is 201 cm³/mol. The van der Waals surface area contributed by atoms with Gasteiger partial charge >= 0.3 is 0 Å². The molecule has 2 aliphatic heterocycles. The summed E-state index contributed by atoms with van der Waals surface area (Å²) in [5.74, 6) is 0.927. The van der Waals surface area contributed by atoms with Crippen molar-refractivity contribution in [3.63, 3.8) is 0 Å². The van der Waals surface area contributed by atoms with Crippen LogP contribution >= 0.6 is 0 Å². The van der Waals surface area contributed by atoms with E-state index < -0.39 is 0 Å². The van der Waals surface area contributed by atoms with E-state index in [1.54, 1.807) is 0 Å². The van der Waals surface area contributed by atoms with Gasteiger partial charge in [-0.15, -0.1) is 0 Å². The standard InChI is InChI=1S/C40H79N3O8/c1-13-15-30(38(7,8)41-14-2)27-46-20-23-51-35-24-33(49-21-18-47-28-31-25-36(3,4)42(44)39(31,9)10)16-17-34(35)50-22-19-48-29-32-26-37(5,6)43(45)40(32,11)12/h30-35,41,44-45H,13-29H2,1-12H3. The first-order valence-electron chi connectivity index (χ1n) is 20.1. The number of nitrogens with zero attached hydrogens (tertiary/aromatic N) is 2. The van der Waals surface area contributed by atoms with Gasteiger partial charge in [-0.1, -0.05) is 20.3 Å². The highest BCUT2D eigenvalue weighted by atomic mass is 16.6. The molecule has 1 saturated carbocycles. The highest BCUT2D eigenvalue weighted by Crippen LogP contribution is 2.44. The van der Waals surface area contributed by atoms with Crippen LogP contribution in [0.3, 0.4) is 0 Å². The monoisotopic (exact) mass is 730 g/mol. The summed E-state index contributed by atoms with van der Waals surface area (Å²) in [5.41, 5.74) is -1.16. The molecule has 302 valence electrons. The summed E-state index contributed by atoms with van der Waals surface area (Å²) in [5, 5.41) is 27.9. The predicted octanol–water partition coefficient (Wildman–Crippen LogP) is 6.72. The zero-order valence-corrected chi connectivity index (χ0v) is 34.7. The van der Waals surface area contributed by atoms with E-state index >= 15 is 0 Å². The summed E-state index contributed by atoms with van der Waals surface area (Å²) in [4.78, 5) is 0. The van der Waals surface area contributed by atoms with E-state index in [2.05, 4.69) is 88.4 Å². The zero-order chi connectivity index (χ0) is 38.1. The lowest BCUT2D eigenvalue weighted by atomic mass is 9.84. The van der Waals surface area contributed by atoms with Gasteiger partial charge in [-0.2, -0.15) is 10.1 Å². The van der Waals surface area contributed by atoms with Crippen LogP contribution in [-0.2, 0) is 28.4 Å². The van der Waals surface area contributed by atoms with Crippen molar-refractivity contribution in [1.82, 2.24) is 15.4 Å². The quantitative estimate of drug-likeness (QED) is 0.0975. The van der Waals surface area contributed by atoms with Crippen molar-refractivity contribution in [3.8, 4) is 0 Å². The Morgan fingerprint density at radius 1 is 0.686 bits per heavy atom. The Hall–Kier alpha value is -0.440. The van der Waals surface area contributed by atoms with E-state index in [4.69, 9.17) is 28.4 Å². The molecule has 2 heterocycles. The van der Waals surface area contributed by atoms with Gasteiger partial charge in [-0.25, -0.2) is 0 Å². The number of hydroxylamine groups is 4. The highest BCUT2D eigenvalue weighted by molar-refractivity contribution is 5.02. The molecule has 11 heteroatoms. The van der Waals surface area contributed by atoms with E-state index in [1.807, 2.05) is 0 Å². The highest BCUT2D eigenvalue weighted by Gasteiger charge is 2.52. The average Bonchev–Trinajstić information content (AvgIpc) is 3.31. The third-order valence-electron chi connectivity index (χ3n) is 12.4. The zero-order valence-electron chi connectivity index (χ0n) is 34.7. The molecule has 0 aromatic rings. The molecule has 1 aliphatic carbocycles. The fourth-order valence-electron chi connectivity index (χ4n) is 8.96. The molecule has 0 aromatic heterocycles. The Morgan fingerprint density at radius 2 is 1.18 bits per heavy atom. The van der Waals surface area contributed by atoms with Gasteiger partial charge in [-0.3, -0.25) is 0 Å². The summed E-state index contributed by atoms with van der Waals surface area (Å²) in [7, 11) is 0. The summed E-state index contributed by atoms with van der Waals surface area (Å²) >= 11 is 0. The van der Waals surface area contributed by atoms with Crippen LogP contribution in [0.15, 0.2) is 0 Å². The molecule has 11 nitrogen and oxygen atoms in total. The molecule has 3 rings (SSSR count). The fraction of sp³-hybridized carbons (Fsp3) is 1.00. The molecule has 0 bridgehead atoms. The molecule has 0 radical (unpaired) electrons. The maximum absolute atomic E-state index is 10.7. The number of hydrogen-bond donors (Lipinski definition) is 3. The van der Waals surface area contributed by atoms with Gasteiger partial charge in [0.2, 0.25) is 0 Å². The first-order chi connectivity index (χ1) is 23.8. The SMILES string of the molecule is CCCC(COCCOC1CC(OCCOCC2CC(C)(C)N(O)C2(C)C)CCC1OCCOCC1CC(C)(C)N(O)C1(C)C)C(C)(C)NCC. The Bertz CT molecular complexity index is 1010. The first kappa shape index (κ1) is 45.0. The fourth-order valence-corrected chi connectivity index (χ4v) is 8.96. The third-order valence-corrected chi connectivity index (χ3v) is 12.4. The van der Waals surface area contributed by atoms with Crippen LogP contribution in [0.5, 0.6) is 0 Å². The molecule has 0 aromatic carbocycles. The molecule has 3 aliphatic rings. The summed E-state index contributed by atoms with van der Waals surface area (Å²) < 4.78 is 37.6. The molecule has 6 unspecified atom stereocenters. The van der Waals surface area contributed by atoms with Gasteiger partial charge in [0.1, 0.15) is 0 Å². The average molecular weight is 730 g/mol. The van der Waals surface area contributed by atoms with Crippen LogP contribution in [0.1, 0.15) is 128 Å². The van der Waals surface area contributed by atoms with E-state index in [0.29, 0.717) is 65.4 Å². The molecule has 6 atom stereocenters. The third kappa shape index (κ3) is 12.3. The van der Waals surface area contributed by atoms with Crippen LogP contribution in [0.25, 0.3) is 0 Å². The van der Waals surface area contributed by atoms with Crippen LogP contribution in [0.2, 0.25) is 0 Å². The summed E-state index contributed by atoms with van der Waals surface area (Å²) in [6.45, 7) is 31.5. The second-order valence-corrected chi connectivity index (χ2v) is 18.4. The molecule has 2 saturated heterocycles. The Morgan fingerprint density at radius 3 is 1.65 bits per heavy atom. The number of ether oxygens (including phenoxy) is 6. The van der Waals surface area contributed by atoms with Crippen molar-refractivity contribution in [2.75, 3.05) is 66.0 Å². The van der Waals surface area contributed by atoms with Crippen LogP contribution in [-0.4, -0.2) is 133 Å². The van der Waals surface area contributed by atoms with Gasteiger partial charge < -0.3 is 44.2 Å². The molecular weight excluding hydrogens is 650 g/mol. The minimum absolute atomic E-state index is 0.0224. The lowest BCUT2D eigenvalue weighted by molar-refractivity contribution is -0.199. The number of nitrogens with one attached hydrogen (secondary N) is 1. The molecule has 0 amide bonds. The topological polar surface area (TPSA) is 114 Å². The van der Waals surface area contributed by atoms with Crippen LogP contribution < -0.4 is 5.32 Å². The van der Waals surface area contributed by atoms with Crippen LogP contribution in [0.4, 0.5) is 0 Å². The van der Waals surface area contributed by atoms with Crippen molar-refractivity contribution in [2.24, 2.45) is 17.8 Å². The van der Waals surface area contributed by atoms with E-state index in [9.17, 15) is 10.4 Å². The molecule has 51 heavy (non-hydrogen) atoms. The maximum atomic E-state index is 10.7. The summed E-state index contributed by atoms with van der Waals surface area (Å²) in [6, 6.07) is 0. The van der Waals surface area contributed by atoms with E-state index in [0.717, 1.165) is 51.5 Å². The van der Waals surface area contributed by atoms with Gasteiger partial charge in [-0.05, 0) is 114 Å². The summed E-state index contributed by atoms with van der Waals surface area (Å²) in [6.07, 6.45) is 6.50. The Labute approximate surface area is 311 Å². The second kappa shape index (κ2) is 19.4. The van der Waals surface area contributed by atoms with Crippen molar-refractivity contribution in [2.45, 2.75) is 174 Å². The normalized spacial score (nSPS) is 29.9. The van der Waals surface area contributed by atoms with Crippen molar-refractivity contribution in [1.29, 1.82) is 0 Å². The van der Waals surface area contributed by atoms with Crippen molar-refractivity contribution >= 4 is 0 Å². The van der Waals surface area contributed by atoms with E-state index in [-0.39, 0.29) is 57.8 Å². The second-order valence-electron chi connectivity index (χ2n) is 18.4. The molecule has 3 fully saturated rings. The Kier molecular flexibility index (Phi) is 17.1. The number of rotatable bonds is 23. The van der Waals surface area contributed by atoms with Crippen molar-refractivity contribution < 1.29 is 38.8 Å².